The fourth-order valence-electron chi connectivity index (χ4n) is 2.51. The van der Waals surface area contributed by atoms with Gasteiger partial charge in [0.15, 0.2) is 0 Å². The average molecular weight is 317 g/mol. The van der Waals surface area contributed by atoms with Crippen molar-refractivity contribution in [2.45, 2.75) is 31.9 Å². The van der Waals surface area contributed by atoms with Gasteiger partial charge in [-0.25, -0.2) is 4.39 Å². The number of aryl methyl sites for hydroxylation is 1. The minimum Gasteiger partial charge on any atom is -0.368 e. The van der Waals surface area contributed by atoms with Gasteiger partial charge in [-0.05, 0) is 50.0 Å². The summed E-state index contributed by atoms with van der Waals surface area (Å²) < 4.78 is 18.6. The van der Waals surface area contributed by atoms with E-state index in [4.69, 9.17) is 4.74 Å². The van der Waals surface area contributed by atoms with Crippen LogP contribution in [-0.2, 0) is 16.1 Å². The van der Waals surface area contributed by atoms with Crippen molar-refractivity contribution < 1.29 is 13.9 Å². The van der Waals surface area contributed by atoms with Gasteiger partial charge in [-0.15, -0.1) is 12.4 Å². The van der Waals surface area contributed by atoms with Crippen LogP contribution in [0.5, 0.6) is 0 Å². The Hall–Kier alpha value is -1.17. The van der Waals surface area contributed by atoms with Gasteiger partial charge in [0.1, 0.15) is 11.4 Å². The standard InChI is InChI=1S/C15H21FN2O2.ClH/c1-11-9-12(3-4-13(11)16)10-18-14(19)15(20-2)5-7-17-8-6-15;/h3-4,9,17H,5-8,10H2,1-2H3,(H,18,19);1H. The molecule has 0 bridgehead atoms. The molecule has 1 saturated heterocycles. The average Bonchev–Trinajstić information content (AvgIpc) is 2.48. The third kappa shape index (κ3) is 4.15. The van der Waals surface area contributed by atoms with E-state index in [1.54, 1.807) is 26.2 Å². The molecule has 1 amide bonds. The lowest BCUT2D eigenvalue weighted by molar-refractivity contribution is -0.146. The predicted octanol–water partition coefficient (Wildman–Crippen LogP) is 1.94. The number of hydrogen-bond acceptors (Lipinski definition) is 3. The highest BCUT2D eigenvalue weighted by Gasteiger charge is 2.39. The summed E-state index contributed by atoms with van der Waals surface area (Å²) in [5.41, 5.74) is 0.734. The molecule has 1 aromatic rings. The zero-order valence-corrected chi connectivity index (χ0v) is 13.2. The van der Waals surface area contributed by atoms with Crippen LogP contribution in [0.25, 0.3) is 0 Å². The van der Waals surface area contributed by atoms with E-state index in [1.807, 2.05) is 0 Å². The molecule has 0 atom stereocenters. The molecule has 0 aliphatic carbocycles. The van der Waals surface area contributed by atoms with Crippen molar-refractivity contribution in [3.8, 4) is 0 Å². The second-order valence-corrected chi connectivity index (χ2v) is 5.21. The fraction of sp³-hybridized carbons (Fsp3) is 0.533. The summed E-state index contributed by atoms with van der Waals surface area (Å²) >= 11 is 0. The lowest BCUT2D eigenvalue weighted by Crippen LogP contribution is -2.53. The highest BCUT2D eigenvalue weighted by atomic mass is 35.5. The van der Waals surface area contributed by atoms with Crippen molar-refractivity contribution in [3.63, 3.8) is 0 Å². The van der Waals surface area contributed by atoms with Crippen LogP contribution < -0.4 is 10.6 Å². The highest BCUT2D eigenvalue weighted by Crippen LogP contribution is 2.22. The van der Waals surface area contributed by atoms with Gasteiger partial charge in [0.05, 0.1) is 0 Å². The molecule has 6 heteroatoms. The Balaban J connectivity index is 0.00000220. The van der Waals surface area contributed by atoms with Gasteiger partial charge < -0.3 is 15.4 Å². The summed E-state index contributed by atoms with van der Waals surface area (Å²) in [4.78, 5) is 12.3. The summed E-state index contributed by atoms with van der Waals surface area (Å²) in [7, 11) is 1.58. The molecule has 2 rings (SSSR count). The maximum Gasteiger partial charge on any atom is 0.252 e. The van der Waals surface area contributed by atoms with Gasteiger partial charge in [0.2, 0.25) is 0 Å². The molecule has 0 spiro atoms. The first-order valence-electron chi connectivity index (χ1n) is 6.86. The number of amides is 1. The summed E-state index contributed by atoms with van der Waals surface area (Å²) in [6, 6.07) is 4.86. The van der Waals surface area contributed by atoms with Crippen molar-refractivity contribution in [1.82, 2.24) is 10.6 Å². The molecular weight excluding hydrogens is 295 g/mol. The third-order valence-corrected chi connectivity index (χ3v) is 3.89. The second kappa shape index (κ2) is 7.73. The first kappa shape index (κ1) is 17.9. The van der Waals surface area contributed by atoms with Gasteiger partial charge in [-0.1, -0.05) is 12.1 Å². The number of carbonyl (C=O) groups excluding carboxylic acids is 1. The topological polar surface area (TPSA) is 50.4 Å². The molecule has 1 aliphatic rings. The molecule has 118 valence electrons. The van der Waals surface area contributed by atoms with Crippen LogP contribution in [0.1, 0.15) is 24.0 Å². The number of nitrogens with one attached hydrogen (secondary N) is 2. The lowest BCUT2D eigenvalue weighted by Gasteiger charge is -2.34. The Labute approximate surface area is 130 Å². The van der Waals surface area contributed by atoms with Crippen LogP contribution in [0.2, 0.25) is 0 Å². The molecule has 0 radical (unpaired) electrons. The molecule has 1 heterocycles. The molecule has 1 aliphatic heterocycles. The zero-order valence-electron chi connectivity index (χ0n) is 12.4. The van der Waals surface area contributed by atoms with Crippen molar-refractivity contribution >= 4 is 18.3 Å². The maximum absolute atomic E-state index is 13.2. The number of rotatable bonds is 4. The number of ether oxygens (including phenoxy) is 1. The van der Waals surface area contributed by atoms with Crippen molar-refractivity contribution in [2.75, 3.05) is 20.2 Å². The molecule has 1 fully saturated rings. The van der Waals surface area contributed by atoms with Gasteiger partial charge >= 0.3 is 0 Å². The molecule has 4 nitrogen and oxygen atoms in total. The smallest absolute Gasteiger partial charge is 0.252 e. The van der Waals surface area contributed by atoms with Crippen LogP contribution >= 0.6 is 12.4 Å². The van der Waals surface area contributed by atoms with Crippen LogP contribution in [0.3, 0.4) is 0 Å². The van der Waals surface area contributed by atoms with Crippen molar-refractivity contribution in [3.05, 3.63) is 35.1 Å². The molecular formula is C15H22ClFN2O2. The van der Waals surface area contributed by atoms with Gasteiger partial charge in [-0.3, -0.25) is 4.79 Å². The normalized spacial score (nSPS) is 16.9. The Morgan fingerprint density at radius 1 is 1.43 bits per heavy atom. The third-order valence-electron chi connectivity index (χ3n) is 3.89. The quantitative estimate of drug-likeness (QED) is 0.892. The SMILES string of the molecule is COC1(C(=O)NCc2ccc(F)c(C)c2)CCNCC1.Cl. The zero-order chi connectivity index (χ0) is 14.6. The lowest BCUT2D eigenvalue weighted by atomic mass is 9.91. The van der Waals surface area contributed by atoms with E-state index in [0.29, 0.717) is 24.9 Å². The Morgan fingerprint density at radius 2 is 2.10 bits per heavy atom. The number of hydrogen-bond donors (Lipinski definition) is 2. The highest BCUT2D eigenvalue weighted by molar-refractivity contribution is 5.85. The molecule has 21 heavy (non-hydrogen) atoms. The molecule has 1 aromatic carbocycles. The van der Waals surface area contributed by atoms with Crippen molar-refractivity contribution in [2.24, 2.45) is 0 Å². The van der Waals surface area contributed by atoms with E-state index in [-0.39, 0.29) is 24.1 Å². The molecule has 0 unspecified atom stereocenters. The van der Waals surface area contributed by atoms with Gasteiger partial charge in [0, 0.05) is 13.7 Å². The van der Waals surface area contributed by atoms with Gasteiger partial charge in [-0.2, -0.15) is 0 Å². The largest absolute Gasteiger partial charge is 0.368 e. The summed E-state index contributed by atoms with van der Waals surface area (Å²) in [5.74, 6) is -0.324. The van der Waals surface area contributed by atoms with Crippen LogP contribution in [0, 0.1) is 12.7 Å². The number of halogens is 2. The van der Waals surface area contributed by atoms with Crippen LogP contribution in [0.4, 0.5) is 4.39 Å². The maximum atomic E-state index is 13.2. The number of piperidine rings is 1. The summed E-state index contributed by atoms with van der Waals surface area (Å²) in [5, 5.41) is 6.11. The summed E-state index contributed by atoms with van der Waals surface area (Å²) in [6.07, 6.45) is 1.33. The predicted molar refractivity (Wildman–Crippen MR) is 82.1 cm³/mol. The minimum absolute atomic E-state index is 0. The van der Waals surface area contributed by atoms with E-state index in [1.165, 1.54) is 6.07 Å². The Morgan fingerprint density at radius 3 is 2.67 bits per heavy atom. The molecule has 0 aromatic heterocycles. The minimum atomic E-state index is -0.736. The molecule has 0 saturated carbocycles. The van der Waals surface area contributed by atoms with E-state index >= 15 is 0 Å². The second-order valence-electron chi connectivity index (χ2n) is 5.21. The first-order chi connectivity index (χ1) is 9.57. The van der Waals surface area contributed by atoms with E-state index in [0.717, 1.165) is 18.7 Å². The Bertz CT molecular complexity index is 491. The van der Waals surface area contributed by atoms with E-state index < -0.39 is 5.60 Å². The Kier molecular flexibility index (Phi) is 6.58. The number of methoxy groups -OCH3 is 1. The van der Waals surface area contributed by atoms with Crippen molar-refractivity contribution in [1.29, 1.82) is 0 Å². The van der Waals surface area contributed by atoms with E-state index in [2.05, 4.69) is 10.6 Å². The molecule has 2 N–H and O–H groups in total. The van der Waals surface area contributed by atoms with E-state index in [9.17, 15) is 9.18 Å². The van der Waals surface area contributed by atoms with Crippen LogP contribution in [0.15, 0.2) is 18.2 Å². The number of benzene rings is 1. The van der Waals surface area contributed by atoms with Crippen LogP contribution in [-0.4, -0.2) is 31.7 Å². The first-order valence-corrected chi connectivity index (χ1v) is 6.86. The number of carbonyl (C=O) groups is 1. The van der Waals surface area contributed by atoms with Gasteiger partial charge in [0.25, 0.3) is 5.91 Å². The monoisotopic (exact) mass is 316 g/mol. The fourth-order valence-corrected chi connectivity index (χ4v) is 2.51. The summed E-state index contributed by atoms with van der Waals surface area (Å²) in [6.45, 7) is 3.65.